The van der Waals surface area contributed by atoms with Crippen molar-refractivity contribution in [3.8, 4) is 0 Å². The fourth-order valence-corrected chi connectivity index (χ4v) is 6.44. The molecule has 11 heteroatoms. The van der Waals surface area contributed by atoms with E-state index in [1.165, 1.54) is 16.2 Å². The molecule has 1 aliphatic heterocycles. The number of amides is 2. The zero-order valence-electron chi connectivity index (χ0n) is 16.1. The number of fused-ring (bicyclic) bond motifs is 1. The molecule has 28 heavy (non-hydrogen) atoms. The van der Waals surface area contributed by atoms with Gasteiger partial charge in [-0.15, -0.1) is 11.3 Å². The number of hydrogen-bond acceptors (Lipinski definition) is 8. The van der Waals surface area contributed by atoms with Gasteiger partial charge in [-0.1, -0.05) is 11.3 Å². The number of nitrogens with one attached hydrogen (secondary N) is 1. The molecule has 1 atom stereocenters. The van der Waals surface area contributed by atoms with E-state index in [9.17, 15) is 18.0 Å². The first-order valence-corrected chi connectivity index (χ1v) is 12.6. The summed E-state index contributed by atoms with van der Waals surface area (Å²) < 4.78 is 24.0. The van der Waals surface area contributed by atoms with Crippen LogP contribution in [-0.4, -0.2) is 73.8 Å². The number of nitrogens with zero attached hydrogens (tertiary/aromatic N) is 3. The Balaban J connectivity index is 1.63. The van der Waals surface area contributed by atoms with Crippen molar-refractivity contribution in [1.29, 1.82) is 0 Å². The lowest BCUT2D eigenvalue weighted by molar-refractivity contribution is -0.132. The number of sulfone groups is 1. The number of anilines is 1. The molecule has 1 fully saturated rings. The molecular weight excluding hydrogens is 420 g/mol. The van der Waals surface area contributed by atoms with Crippen LogP contribution in [0.3, 0.4) is 0 Å². The zero-order chi connectivity index (χ0) is 20.5. The molecule has 0 aromatic carbocycles. The third-order valence-corrected chi connectivity index (χ3v) is 8.54. The lowest BCUT2D eigenvalue weighted by atomic mass is 10.2. The summed E-state index contributed by atoms with van der Waals surface area (Å²) in [7, 11) is -3.05. The van der Waals surface area contributed by atoms with Crippen LogP contribution in [0.5, 0.6) is 0 Å². The molecule has 2 aromatic heterocycles. The van der Waals surface area contributed by atoms with Crippen molar-refractivity contribution in [2.75, 3.05) is 42.6 Å². The van der Waals surface area contributed by atoms with Crippen molar-refractivity contribution in [3.05, 3.63) is 10.9 Å². The highest BCUT2D eigenvalue weighted by Crippen LogP contribution is 2.34. The SMILES string of the molecule is CCN(CC)c1nc2sc(C(=O)NC(C)C(=O)N3CCS(=O)(=O)CC3)cc2s1. The molecule has 3 heterocycles. The summed E-state index contributed by atoms with van der Waals surface area (Å²) in [6, 6.07) is 1.10. The van der Waals surface area contributed by atoms with Crippen LogP contribution in [0.2, 0.25) is 0 Å². The molecule has 1 saturated heterocycles. The fourth-order valence-electron chi connectivity index (χ4n) is 3.00. The van der Waals surface area contributed by atoms with E-state index in [0.717, 1.165) is 27.8 Å². The molecule has 3 rings (SSSR count). The van der Waals surface area contributed by atoms with Gasteiger partial charge in [0.15, 0.2) is 15.0 Å². The Bertz CT molecular complexity index is 932. The molecule has 1 aliphatic rings. The predicted octanol–water partition coefficient (Wildman–Crippen LogP) is 1.58. The summed E-state index contributed by atoms with van der Waals surface area (Å²) >= 11 is 2.86. The van der Waals surface area contributed by atoms with Gasteiger partial charge in [0.05, 0.1) is 21.1 Å². The summed E-state index contributed by atoms with van der Waals surface area (Å²) in [5.41, 5.74) is 0. The Morgan fingerprint density at radius 1 is 1.25 bits per heavy atom. The van der Waals surface area contributed by atoms with Gasteiger partial charge in [-0.2, -0.15) is 0 Å². The van der Waals surface area contributed by atoms with Crippen molar-refractivity contribution in [1.82, 2.24) is 15.2 Å². The maximum Gasteiger partial charge on any atom is 0.262 e. The first kappa shape index (κ1) is 21.0. The summed E-state index contributed by atoms with van der Waals surface area (Å²) in [4.78, 5) is 34.6. The van der Waals surface area contributed by atoms with Gasteiger partial charge in [-0.05, 0) is 26.8 Å². The van der Waals surface area contributed by atoms with E-state index in [1.54, 1.807) is 18.3 Å². The van der Waals surface area contributed by atoms with Crippen LogP contribution in [0, 0.1) is 0 Å². The highest BCUT2D eigenvalue weighted by atomic mass is 32.2. The largest absolute Gasteiger partial charge is 0.349 e. The van der Waals surface area contributed by atoms with E-state index >= 15 is 0 Å². The Labute approximate surface area is 172 Å². The number of thiazole rings is 1. The summed E-state index contributed by atoms with van der Waals surface area (Å²) in [6.45, 7) is 7.88. The van der Waals surface area contributed by atoms with Gasteiger partial charge >= 0.3 is 0 Å². The molecule has 154 valence electrons. The number of rotatable bonds is 6. The monoisotopic (exact) mass is 444 g/mol. The molecule has 0 bridgehead atoms. The Hall–Kier alpha value is -1.72. The number of carbonyl (C=O) groups is 2. The minimum atomic E-state index is -3.05. The third-order valence-electron chi connectivity index (χ3n) is 4.71. The third kappa shape index (κ3) is 4.47. The smallest absolute Gasteiger partial charge is 0.262 e. The van der Waals surface area contributed by atoms with Gasteiger partial charge in [0.2, 0.25) is 5.91 Å². The van der Waals surface area contributed by atoms with Gasteiger partial charge in [0.25, 0.3) is 5.91 Å². The van der Waals surface area contributed by atoms with Gasteiger partial charge in [-0.3, -0.25) is 9.59 Å². The average molecular weight is 445 g/mol. The lowest BCUT2D eigenvalue weighted by Crippen LogP contribution is -2.51. The second-order valence-corrected chi connectivity index (χ2v) is 11.0. The molecule has 1 N–H and O–H groups in total. The predicted molar refractivity (Wildman–Crippen MR) is 113 cm³/mol. The van der Waals surface area contributed by atoms with Gasteiger partial charge in [0.1, 0.15) is 10.9 Å². The molecule has 0 aliphatic carbocycles. The Morgan fingerprint density at radius 2 is 1.89 bits per heavy atom. The van der Waals surface area contributed by atoms with Crippen LogP contribution < -0.4 is 10.2 Å². The zero-order valence-corrected chi connectivity index (χ0v) is 18.5. The van der Waals surface area contributed by atoms with Crippen LogP contribution in [-0.2, 0) is 14.6 Å². The van der Waals surface area contributed by atoms with Crippen LogP contribution in [0.15, 0.2) is 6.07 Å². The van der Waals surface area contributed by atoms with E-state index in [0.29, 0.717) is 4.88 Å². The maximum atomic E-state index is 12.5. The first-order valence-electron chi connectivity index (χ1n) is 9.19. The quantitative estimate of drug-likeness (QED) is 0.726. The number of carbonyl (C=O) groups excluding carboxylic acids is 2. The minimum Gasteiger partial charge on any atom is -0.349 e. The van der Waals surface area contributed by atoms with Gasteiger partial charge in [-0.25, -0.2) is 13.4 Å². The van der Waals surface area contributed by atoms with Crippen LogP contribution in [0.25, 0.3) is 9.53 Å². The fraction of sp³-hybridized carbons (Fsp3) is 0.588. The summed E-state index contributed by atoms with van der Waals surface area (Å²) in [5.74, 6) is -0.629. The highest BCUT2D eigenvalue weighted by molar-refractivity contribution is 7.91. The molecule has 2 aromatic rings. The average Bonchev–Trinajstić information content (AvgIpc) is 3.21. The van der Waals surface area contributed by atoms with Crippen LogP contribution >= 0.6 is 22.7 Å². The van der Waals surface area contributed by atoms with E-state index in [-0.39, 0.29) is 36.4 Å². The molecular formula is C17H24N4O4S3. The van der Waals surface area contributed by atoms with Crippen molar-refractivity contribution >= 4 is 59.0 Å². The van der Waals surface area contributed by atoms with Crippen LogP contribution in [0.1, 0.15) is 30.4 Å². The normalized spacial score (nSPS) is 17.5. The second-order valence-electron chi connectivity index (χ2n) is 6.62. The number of thiophene rings is 1. The molecule has 8 nitrogen and oxygen atoms in total. The van der Waals surface area contributed by atoms with Crippen LogP contribution in [0.4, 0.5) is 5.13 Å². The summed E-state index contributed by atoms with van der Waals surface area (Å²) in [5, 5.41) is 3.67. The maximum absolute atomic E-state index is 12.5. The van der Waals surface area contributed by atoms with Crippen molar-refractivity contribution in [2.45, 2.75) is 26.8 Å². The van der Waals surface area contributed by atoms with E-state index in [2.05, 4.69) is 29.0 Å². The van der Waals surface area contributed by atoms with E-state index < -0.39 is 15.9 Å². The van der Waals surface area contributed by atoms with Gasteiger partial charge in [0, 0.05) is 26.2 Å². The molecule has 0 spiro atoms. The second kappa shape index (κ2) is 8.34. The van der Waals surface area contributed by atoms with Crippen molar-refractivity contribution < 1.29 is 18.0 Å². The minimum absolute atomic E-state index is 0.0266. The molecule has 0 saturated carbocycles. The van der Waals surface area contributed by atoms with Crippen molar-refractivity contribution in [3.63, 3.8) is 0 Å². The highest BCUT2D eigenvalue weighted by Gasteiger charge is 2.29. The van der Waals surface area contributed by atoms with Crippen molar-refractivity contribution in [2.24, 2.45) is 0 Å². The molecule has 1 unspecified atom stereocenters. The van der Waals surface area contributed by atoms with E-state index in [4.69, 9.17) is 0 Å². The van der Waals surface area contributed by atoms with E-state index in [1.807, 2.05) is 6.07 Å². The molecule has 0 radical (unpaired) electrons. The lowest BCUT2D eigenvalue weighted by Gasteiger charge is -2.29. The standard InChI is InChI=1S/C17H24N4O4S3/c1-4-20(5-2)17-19-15-13(27-17)10-12(26-15)14(22)18-11(3)16(23)21-6-8-28(24,25)9-7-21/h10-11H,4-9H2,1-3H3,(H,18,22). The topological polar surface area (TPSA) is 99.7 Å². The number of aromatic nitrogens is 1. The Morgan fingerprint density at radius 3 is 2.46 bits per heavy atom. The summed E-state index contributed by atoms with van der Waals surface area (Å²) in [6.07, 6.45) is 0. The number of hydrogen-bond donors (Lipinski definition) is 1. The molecule has 2 amide bonds. The van der Waals surface area contributed by atoms with Gasteiger partial charge < -0.3 is 15.1 Å². The Kier molecular flexibility index (Phi) is 6.25. The first-order chi connectivity index (χ1) is 13.2.